The monoisotopic (exact) mass is 743 g/mol. The smallest absolute Gasteiger partial charge is 0.143 e. The molecule has 0 aliphatic rings. The molecule has 12 rings (SSSR count). The van der Waals surface area contributed by atoms with Crippen LogP contribution in [0.25, 0.3) is 96.7 Å². The second-order valence-corrected chi connectivity index (χ2v) is 15.8. The van der Waals surface area contributed by atoms with Gasteiger partial charge in [-0.3, -0.25) is 0 Å². The largest absolute Gasteiger partial charge is 0.455 e. The van der Waals surface area contributed by atoms with E-state index in [2.05, 4.69) is 199 Å². The molecule has 0 aliphatic heterocycles. The Morgan fingerprint density at radius 3 is 1.86 bits per heavy atom. The van der Waals surface area contributed by atoms with Gasteiger partial charge in [-0.2, -0.15) is 0 Å². The van der Waals surface area contributed by atoms with Gasteiger partial charge in [-0.1, -0.05) is 164 Å². The molecule has 2 aromatic heterocycles. The lowest BCUT2D eigenvalue weighted by molar-refractivity contribution is 0.670. The fourth-order valence-corrected chi connectivity index (χ4v) is 10.3. The second kappa shape index (κ2) is 12.7. The van der Waals surface area contributed by atoms with Crippen molar-refractivity contribution in [2.24, 2.45) is 0 Å². The molecule has 2 heterocycles. The summed E-state index contributed by atoms with van der Waals surface area (Å²) in [5.41, 5.74) is 9.67. The topological polar surface area (TPSA) is 16.4 Å². The van der Waals surface area contributed by atoms with Gasteiger partial charge in [0.1, 0.15) is 11.2 Å². The molecule has 0 spiro atoms. The third-order valence-electron chi connectivity index (χ3n) is 11.6. The van der Waals surface area contributed by atoms with E-state index in [0.29, 0.717) is 0 Å². The Morgan fingerprint density at radius 1 is 0.386 bits per heavy atom. The zero-order valence-electron chi connectivity index (χ0n) is 30.8. The number of benzene rings is 10. The molecule has 12 aromatic rings. The Kier molecular flexibility index (Phi) is 7.13. The third kappa shape index (κ3) is 4.89. The Morgan fingerprint density at radius 2 is 0.982 bits per heavy atom. The Labute approximate surface area is 333 Å². The predicted molar refractivity (Wildman–Crippen MR) is 245 cm³/mol. The highest BCUT2D eigenvalue weighted by Crippen LogP contribution is 2.54. The maximum Gasteiger partial charge on any atom is 0.143 e. The summed E-state index contributed by atoms with van der Waals surface area (Å²) in [6.45, 7) is 0. The quantitative estimate of drug-likeness (QED) is 0.163. The first-order valence-corrected chi connectivity index (χ1v) is 20.2. The van der Waals surface area contributed by atoms with Gasteiger partial charge in [0, 0.05) is 53.0 Å². The lowest BCUT2D eigenvalue weighted by atomic mass is 9.88. The van der Waals surface area contributed by atoms with Crippen LogP contribution in [-0.4, -0.2) is 0 Å². The van der Waals surface area contributed by atoms with Crippen molar-refractivity contribution < 1.29 is 4.42 Å². The second-order valence-electron chi connectivity index (χ2n) is 14.8. The highest BCUT2D eigenvalue weighted by Gasteiger charge is 2.28. The Hall–Kier alpha value is -7.20. The van der Waals surface area contributed by atoms with Crippen LogP contribution in [0, 0.1) is 0 Å². The van der Waals surface area contributed by atoms with E-state index in [9.17, 15) is 0 Å². The summed E-state index contributed by atoms with van der Waals surface area (Å²) in [5.74, 6) is 0. The summed E-state index contributed by atoms with van der Waals surface area (Å²) in [4.78, 5) is 2.57. The van der Waals surface area contributed by atoms with Gasteiger partial charge in [0.05, 0.1) is 17.1 Å². The molecular weight excluding hydrogens is 711 g/mol. The van der Waals surface area contributed by atoms with Crippen molar-refractivity contribution in [3.63, 3.8) is 0 Å². The molecule has 0 saturated carbocycles. The predicted octanol–water partition coefficient (Wildman–Crippen LogP) is 16.2. The summed E-state index contributed by atoms with van der Waals surface area (Å²) in [6, 6.07) is 72.9. The molecule has 0 radical (unpaired) electrons. The highest BCUT2D eigenvalue weighted by molar-refractivity contribution is 7.26. The first kappa shape index (κ1) is 32.1. The normalized spacial score (nSPS) is 11.9. The van der Waals surface area contributed by atoms with Crippen LogP contribution in [0.2, 0.25) is 0 Å². The van der Waals surface area contributed by atoms with Crippen molar-refractivity contribution in [1.82, 2.24) is 0 Å². The highest BCUT2D eigenvalue weighted by atomic mass is 32.1. The minimum Gasteiger partial charge on any atom is -0.455 e. The zero-order chi connectivity index (χ0) is 37.5. The van der Waals surface area contributed by atoms with Crippen LogP contribution < -0.4 is 4.90 Å². The lowest BCUT2D eigenvalue weighted by Crippen LogP contribution is -2.14. The Bertz CT molecular complexity index is 3550. The molecule has 0 aliphatic carbocycles. The van der Waals surface area contributed by atoms with Crippen molar-refractivity contribution in [2.45, 2.75) is 0 Å². The summed E-state index contributed by atoms with van der Waals surface area (Å²) >= 11 is 1.85. The average Bonchev–Trinajstić information content (AvgIpc) is 3.86. The number of hydrogen-bond donors (Lipinski definition) is 0. The molecule has 3 heteroatoms. The van der Waals surface area contributed by atoms with Crippen molar-refractivity contribution >= 4 is 103 Å². The number of nitrogens with zero attached hydrogens (tertiary/aromatic N) is 1. The van der Waals surface area contributed by atoms with E-state index in [0.717, 1.165) is 50.1 Å². The number of hydrogen-bond acceptors (Lipinski definition) is 3. The number of thiophene rings is 1. The van der Waals surface area contributed by atoms with E-state index >= 15 is 0 Å². The van der Waals surface area contributed by atoms with E-state index in [1.807, 2.05) is 17.4 Å². The van der Waals surface area contributed by atoms with Crippen molar-refractivity contribution in [3.8, 4) is 22.3 Å². The van der Waals surface area contributed by atoms with Crippen LogP contribution in [0.3, 0.4) is 0 Å². The average molecular weight is 744 g/mol. The summed E-state index contributed by atoms with van der Waals surface area (Å²) < 4.78 is 9.28. The first-order valence-electron chi connectivity index (χ1n) is 19.4. The SMILES string of the molecule is c1ccc(N(c2c(-c3ccc4ccccc4c3)c3ccccc3c3ccccc23)c2cccc3sc4ccccc4c23)c(-c2cccc3c2oc2ccccc23)c1. The van der Waals surface area contributed by atoms with Crippen LogP contribution in [0.15, 0.2) is 205 Å². The molecule has 0 atom stereocenters. The van der Waals surface area contributed by atoms with Crippen molar-refractivity contribution in [3.05, 3.63) is 200 Å². The van der Waals surface area contributed by atoms with Crippen LogP contribution >= 0.6 is 11.3 Å². The molecule has 0 amide bonds. The molecular formula is C54H33NOS. The Balaban J connectivity index is 1.27. The standard InChI is InChI=1S/C54H33NOS/c1-2-16-35-33-36(32-31-34(35)15-1)51-41-21-5-3-17-37(41)38-18-4-6-22-42(38)53(51)55(47-27-14-30-50-52(47)45-23-9-12-29-49(45)57-50)46-26-10-7-19-39(46)43-24-13-25-44-40-20-8-11-28-48(40)56-54(43)44/h1-33H. The van der Waals surface area contributed by atoms with Crippen LogP contribution in [0.1, 0.15) is 0 Å². The maximum atomic E-state index is 6.74. The minimum absolute atomic E-state index is 0.892. The molecule has 0 unspecified atom stereocenters. The first-order chi connectivity index (χ1) is 28.3. The van der Waals surface area contributed by atoms with Gasteiger partial charge in [0.25, 0.3) is 0 Å². The van der Waals surface area contributed by atoms with Gasteiger partial charge in [-0.25, -0.2) is 0 Å². The molecule has 0 saturated heterocycles. The fraction of sp³-hybridized carbons (Fsp3) is 0. The van der Waals surface area contributed by atoms with E-state index in [-0.39, 0.29) is 0 Å². The van der Waals surface area contributed by atoms with E-state index < -0.39 is 0 Å². The summed E-state index contributed by atoms with van der Waals surface area (Å²) in [5, 5.41) is 12.0. The number of fused-ring (bicyclic) bond motifs is 10. The van der Waals surface area contributed by atoms with Gasteiger partial charge < -0.3 is 9.32 Å². The molecule has 0 N–H and O–H groups in total. The van der Waals surface area contributed by atoms with Gasteiger partial charge in [-0.15, -0.1) is 11.3 Å². The van der Waals surface area contributed by atoms with E-state index in [1.165, 1.54) is 63.6 Å². The van der Waals surface area contributed by atoms with Gasteiger partial charge >= 0.3 is 0 Å². The fourth-order valence-electron chi connectivity index (χ4n) is 9.16. The van der Waals surface area contributed by atoms with Gasteiger partial charge in [0.2, 0.25) is 0 Å². The van der Waals surface area contributed by atoms with Crippen LogP contribution in [-0.2, 0) is 0 Å². The molecule has 10 aromatic carbocycles. The minimum atomic E-state index is 0.892. The third-order valence-corrected chi connectivity index (χ3v) is 12.8. The zero-order valence-corrected chi connectivity index (χ0v) is 31.6. The molecule has 0 bridgehead atoms. The number of rotatable bonds is 5. The van der Waals surface area contributed by atoms with Crippen LogP contribution in [0.5, 0.6) is 0 Å². The van der Waals surface area contributed by atoms with E-state index in [4.69, 9.17) is 4.42 Å². The van der Waals surface area contributed by atoms with Crippen molar-refractivity contribution in [1.29, 1.82) is 0 Å². The van der Waals surface area contributed by atoms with Gasteiger partial charge in [-0.05, 0) is 68.9 Å². The molecule has 0 fully saturated rings. The summed E-state index contributed by atoms with van der Waals surface area (Å²) in [7, 11) is 0. The van der Waals surface area contributed by atoms with E-state index in [1.54, 1.807) is 0 Å². The molecule has 266 valence electrons. The number of para-hydroxylation sites is 3. The number of furan rings is 1. The summed E-state index contributed by atoms with van der Waals surface area (Å²) in [6.07, 6.45) is 0. The maximum absolute atomic E-state index is 6.74. The lowest BCUT2D eigenvalue weighted by Gasteiger charge is -2.32. The van der Waals surface area contributed by atoms with Crippen molar-refractivity contribution in [2.75, 3.05) is 4.90 Å². The molecule has 2 nitrogen and oxygen atoms in total. The number of anilines is 3. The van der Waals surface area contributed by atoms with Gasteiger partial charge in [0.15, 0.2) is 0 Å². The van der Waals surface area contributed by atoms with Crippen LogP contribution in [0.4, 0.5) is 17.1 Å². The molecule has 57 heavy (non-hydrogen) atoms.